The summed E-state index contributed by atoms with van der Waals surface area (Å²) in [6, 6.07) is 9.29. The topological polar surface area (TPSA) is 30.9 Å². The highest BCUT2D eigenvalue weighted by Gasteiger charge is 2.30. The molecule has 0 aromatic heterocycles. The maximum Gasteiger partial charge on any atom is 0.128 e. The van der Waals surface area contributed by atoms with Crippen molar-refractivity contribution in [3.8, 4) is 0 Å². The minimum Gasteiger partial charge on any atom is -0.371 e. The van der Waals surface area contributed by atoms with Gasteiger partial charge in [-0.2, -0.15) is 0 Å². The van der Waals surface area contributed by atoms with E-state index in [1.54, 1.807) is 0 Å². The minimum absolute atomic E-state index is 0.573. The minimum atomic E-state index is -0.604. The number of amidine groups is 1. The van der Waals surface area contributed by atoms with Crippen LogP contribution in [0.4, 0.5) is 10.1 Å². The lowest BCUT2D eigenvalue weighted by molar-refractivity contribution is 0.192. The Hall–Kier alpha value is -1.62. The zero-order valence-corrected chi connectivity index (χ0v) is 13.5. The molecule has 1 N–H and O–H groups in total. The van der Waals surface area contributed by atoms with Gasteiger partial charge >= 0.3 is 0 Å². The first-order chi connectivity index (χ1) is 11.3. The summed E-state index contributed by atoms with van der Waals surface area (Å²) in [5.74, 6) is 1.02. The van der Waals surface area contributed by atoms with E-state index in [0.29, 0.717) is 12.6 Å². The number of aliphatic imine (C=N–C) groups is 1. The molecule has 1 aromatic rings. The van der Waals surface area contributed by atoms with E-state index in [4.69, 9.17) is 0 Å². The second kappa shape index (κ2) is 6.48. The van der Waals surface area contributed by atoms with E-state index in [9.17, 15) is 4.39 Å². The zero-order valence-electron chi connectivity index (χ0n) is 13.5. The van der Waals surface area contributed by atoms with Crippen LogP contribution in [0.1, 0.15) is 24.8 Å². The van der Waals surface area contributed by atoms with Crippen molar-refractivity contribution in [2.24, 2.45) is 4.99 Å². The van der Waals surface area contributed by atoms with Gasteiger partial charge in [0.25, 0.3) is 0 Å². The summed E-state index contributed by atoms with van der Waals surface area (Å²) in [7, 11) is 0. The van der Waals surface area contributed by atoms with Crippen molar-refractivity contribution in [3.05, 3.63) is 29.8 Å². The number of anilines is 1. The van der Waals surface area contributed by atoms with Crippen LogP contribution in [0.15, 0.2) is 29.3 Å². The first-order valence-electron chi connectivity index (χ1n) is 8.81. The highest BCUT2D eigenvalue weighted by Crippen LogP contribution is 2.26. The molecule has 0 saturated carbocycles. The maximum absolute atomic E-state index is 13.4. The lowest BCUT2D eigenvalue weighted by Gasteiger charge is -2.37. The van der Waals surface area contributed by atoms with Gasteiger partial charge in [0.2, 0.25) is 0 Å². The molecule has 0 bridgehead atoms. The molecule has 0 radical (unpaired) electrons. The molecule has 4 rings (SSSR count). The molecule has 2 fully saturated rings. The number of hydrogen-bond donors (Lipinski definition) is 1. The van der Waals surface area contributed by atoms with Crippen LogP contribution in [0.3, 0.4) is 0 Å². The number of likely N-dealkylation sites (tertiary alicyclic amines) is 1. The van der Waals surface area contributed by atoms with Crippen molar-refractivity contribution in [1.29, 1.82) is 0 Å². The maximum atomic E-state index is 13.4. The fourth-order valence-corrected chi connectivity index (χ4v) is 3.99. The Labute approximate surface area is 137 Å². The van der Waals surface area contributed by atoms with E-state index in [1.807, 2.05) is 0 Å². The normalized spacial score (nSPS) is 26.4. The van der Waals surface area contributed by atoms with Crippen LogP contribution in [-0.4, -0.2) is 62.2 Å². The van der Waals surface area contributed by atoms with Crippen molar-refractivity contribution in [2.45, 2.75) is 31.5 Å². The van der Waals surface area contributed by atoms with E-state index < -0.39 is 6.17 Å². The van der Waals surface area contributed by atoms with Gasteiger partial charge in [-0.05, 0) is 43.5 Å². The average molecular weight is 316 g/mol. The number of benzene rings is 1. The summed E-state index contributed by atoms with van der Waals surface area (Å²) < 4.78 is 13.4. The summed E-state index contributed by atoms with van der Waals surface area (Å²) in [6.45, 7) is 5.54. The highest BCUT2D eigenvalue weighted by atomic mass is 19.1. The molecule has 3 aliphatic heterocycles. The van der Waals surface area contributed by atoms with Gasteiger partial charge in [-0.15, -0.1) is 0 Å². The van der Waals surface area contributed by atoms with Crippen LogP contribution < -0.4 is 10.2 Å². The molecule has 2 saturated heterocycles. The summed E-state index contributed by atoms with van der Waals surface area (Å²) in [5.41, 5.74) is 2.46. The molecule has 124 valence electrons. The van der Waals surface area contributed by atoms with Gasteiger partial charge in [-0.3, -0.25) is 9.89 Å². The molecule has 5 heteroatoms. The van der Waals surface area contributed by atoms with E-state index in [1.165, 1.54) is 11.3 Å². The third-order valence-electron chi connectivity index (χ3n) is 5.32. The van der Waals surface area contributed by atoms with Gasteiger partial charge in [0.1, 0.15) is 12.0 Å². The van der Waals surface area contributed by atoms with E-state index in [-0.39, 0.29) is 0 Å². The fraction of sp³-hybridized carbons (Fsp3) is 0.611. The van der Waals surface area contributed by atoms with E-state index in [2.05, 4.69) is 44.4 Å². The number of alkyl halides is 1. The Bertz CT molecular complexity index is 563. The second-order valence-electron chi connectivity index (χ2n) is 6.80. The van der Waals surface area contributed by atoms with Crippen LogP contribution in [-0.2, 0) is 0 Å². The number of nitrogens with one attached hydrogen (secondary N) is 1. The predicted octanol–water partition coefficient (Wildman–Crippen LogP) is 2.05. The Balaban J connectivity index is 1.35. The van der Waals surface area contributed by atoms with Gasteiger partial charge < -0.3 is 10.2 Å². The van der Waals surface area contributed by atoms with Crippen molar-refractivity contribution in [3.63, 3.8) is 0 Å². The smallest absolute Gasteiger partial charge is 0.128 e. The van der Waals surface area contributed by atoms with Crippen molar-refractivity contribution in [1.82, 2.24) is 10.2 Å². The zero-order chi connectivity index (χ0) is 15.6. The second-order valence-corrected chi connectivity index (χ2v) is 6.80. The molecular formula is C18H25FN4. The standard InChI is InChI=1S/C18H25FN4/c19-15-5-10-23(13-15)17-6-11-22(12-7-17)16-3-1-14(2-4-16)18-20-8-9-21-18/h1-4,15,17H,5-13H2,(H,20,21). The monoisotopic (exact) mass is 316 g/mol. The van der Waals surface area contributed by atoms with Crippen LogP contribution in [0, 0.1) is 0 Å². The summed E-state index contributed by atoms with van der Waals surface area (Å²) >= 11 is 0. The molecule has 0 spiro atoms. The Morgan fingerprint density at radius 1 is 1.04 bits per heavy atom. The quantitative estimate of drug-likeness (QED) is 0.926. The Morgan fingerprint density at radius 3 is 2.43 bits per heavy atom. The number of hydrogen-bond acceptors (Lipinski definition) is 4. The molecule has 1 unspecified atom stereocenters. The summed E-state index contributed by atoms with van der Waals surface area (Å²) in [4.78, 5) is 9.27. The first kappa shape index (κ1) is 14.9. The Kier molecular flexibility index (Phi) is 4.21. The highest BCUT2D eigenvalue weighted by molar-refractivity contribution is 5.99. The molecule has 23 heavy (non-hydrogen) atoms. The number of rotatable bonds is 3. The van der Waals surface area contributed by atoms with Crippen molar-refractivity contribution >= 4 is 11.5 Å². The Morgan fingerprint density at radius 2 is 1.83 bits per heavy atom. The van der Waals surface area contributed by atoms with Crippen LogP contribution in [0.25, 0.3) is 0 Å². The molecule has 4 nitrogen and oxygen atoms in total. The molecule has 0 amide bonds. The molecule has 1 atom stereocenters. The van der Waals surface area contributed by atoms with Gasteiger partial charge in [0.05, 0.1) is 6.54 Å². The van der Waals surface area contributed by atoms with Gasteiger partial charge in [-0.1, -0.05) is 0 Å². The van der Waals surface area contributed by atoms with Crippen molar-refractivity contribution < 1.29 is 4.39 Å². The summed E-state index contributed by atoms with van der Waals surface area (Å²) in [6.07, 6.45) is 2.40. The van der Waals surface area contributed by atoms with Gasteiger partial charge in [0.15, 0.2) is 0 Å². The third-order valence-corrected chi connectivity index (χ3v) is 5.32. The third kappa shape index (κ3) is 3.20. The predicted molar refractivity (Wildman–Crippen MR) is 92.2 cm³/mol. The number of halogens is 1. The molecule has 0 aliphatic carbocycles. The SMILES string of the molecule is FC1CCN(C2CCN(c3ccc(C4=NCCN4)cc3)CC2)C1. The molecular weight excluding hydrogens is 291 g/mol. The number of nitrogens with zero attached hydrogens (tertiary/aromatic N) is 3. The average Bonchev–Trinajstić information content (AvgIpc) is 3.27. The van der Waals surface area contributed by atoms with E-state index in [0.717, 1.165) is 57.8 Å². The molecule has 3 aliphatic rings. The molecule has 3 heterocycles. The summed E-state index contributed by atoms with van der Waals surface area (Å²) in [5, 5.41) is 3.31. The van der Waals surface area contributed by atoms with Crippen LogP contribution in [0.2, 0.25) is 0 Å². The first-order valence-corrected chi connectivity index (χ1v) is 8.81. The van der Waals surface area contributed by atoms with E-state index >= 15 is 0 Å². The fourth-order valence-electron chi connectivity index (χ4n) is 3.99. The largest absolute Gasteiger partial charge is 0.371 e. The number of piperidine rings is 1. The van der Waals surface area contributed by atoms with Crippen molar-refractivity contribution in [2.75, 3.05) is 44.2 Å². The van der Waals surface area contributed by atoms with Gasteiger partial charge in [-0.25, -0.2) is 4.39 Å². The van der Waals surface area contributed by atoms with Crippen LogP contribution >= 0.6 is 0 Å². The lowest BCUT2D eigenvalue weighted by Crippen LogP contribution is -2.44. The van der Waals surface area contributed by atoms with Gasteiger partial charge in [0, 0.05) is 50.0 Å². The molecule has 1 aromatic carbocycles. The lowest BCUT2D eigenvalue weighted by atomic mass is 10.0. The van der Waals surface area contributed by atoms with Crippen LogP contribution in [0.5, 0.6) is 0 Å².